The van der Waals surface area contributed by atoms with Gasteiger partial charge in [-0.05, 0) is 65.9 Å². The summed E-state index contributed by atoms with van der Waals surface area (Å²) in [5.74, 6) is -1.47. The smallest absolute Gasteiger partial charge is 0.305 e. The lowest BCUT2D eigenvalue weighted by Crippen LogP contribution is -2.39. The molecule has 0 saturated heterocycles. The van der Waals surface area contributed by atoms with E-state index < -0.39 is 17.9 Å². The summed E-state index contributed by atoms with van der Waals surface area (Å²) in [4.78, 5) is 40.2. The van der Waals surface area contributed by atoms with Crippen LogP contribution in [0.2, 0.25) is 0 Å². The lowest BCUT2D eigenvalue weighted by Gasteiger charge is -2.19. The standard InChI is InChI=1S/C27H29FN4O4/c1-18-11-13-30-24(14-18)29-12-3-6-25(33)31-17-26(34)32-23(16-27(35)36)21-5-2-4-20(15-21)19-7-9-22(28)10-8-19/h2,4-5,7-11,13-15,23H,3,6,12,16-17H2,1H3,(H,29,30)(H,31,33)(H,32,34)(H,35,36). The van der Waals surface area contributed by atoms with Gasteiger partial charge in [0, 0.05) is 19.2 Å². The summed E-state index contributed by atoms with van der Waals surface area (Å²) >= 11 is 0. The number of aromatic nitrogens is 1. The maximum Gasteiger partial charge on any atom is 0.305 e. The molecule has 0 fully saturated rings. The average molecular weight is 493 g/mol. The molecule has 0 aliphatic heterocycles. The maximum atomic E-state index is 13.2. The number of nitrogens with one attached hydrogen (secondary N) is 3. The predicted molar refractivity (Wildman–Crippen MR) is 135 cm³/mol. The van der Waals surface area contributed by atoms with Crippen LogP contribution in [0, 0.1) is 12.7 Å². The lowest BCUT2D eigenvalue weighted by molar-refractivity contribution is -0.138. The van der Waals surface area contributed by atoms with E-state index >= 15 is 0 Å². The Labute approximate surface area is 209 Å². The number of carboxylic acid groups (broad SMARTS) is 1. The second-order valence-corrected chi connectivity index (χ2v) is 8.38. The highest BCUT2D eigenvalue weighted by Crippen LogP contribution is 2.25. The molecule has 0 aliphatic carbocycles. The number of hydrogen-bond donors (Lipinski definition) is 4. The maximum absolute atomic E-state index is 13.2. The average Bonchev–Trinajstić information content (AvgIpc) is 2.85. The molecule has 8 nitrogen and oxygen atoms in total. The molecular weight excluding hydrogens is 463 g/mol. The van der Waals surface area contributed by atoms with Crippen LogP contribution < -0.4 is 16.0 Å². The van der Waals surface area contributed by atoms with E-state index in [4.69, 9.17) is 0 Å². The lowest BCUT2D eigenvalue weighted by atomic mass is 9.97. The first kappa shape index (κ1) is 26.3. The van der Waals surface area contributed by atoms with Crippen LogP contribution in [-0.4, -0.2) is 41.0 Å². The third-order valence-corrected chi connectivity index (χ3v) is 5.43. The third kappa shape index (κ3) is 8.50. The normalized spacial score (nSPS) is 11.4. The molecule has 9 heteroatoms. The molecule has 1 aromatic heterocycles. The SMILES string of the molecule is Cc1ccnc(NCCCC(=O)NCC(=O)NC(CC(=O)O)c2cccc(-c3ccc(F)cc3)c2)c1. The zero-order valence-electron chi connectivity index (χ0n) is 20.0. The number of pyridine rings is 1. The first-order valence-corrected chi connectivity index (χ1v) is 11.6. The van der Waals surface area contributed by atoms with E-state index in [0.29, 0.717) is 18.5 Å². The molecule has 1 heterocycles. The van der Waals surface area contributed by atoms with Crippen LogP contribution in [-0.2, 0) is 14.4 Å². The van der Waals surface area contributed by atoms with Gasteiger partial charge in [0.15, 0.2) is 0 Å². The molecule has 4 N–H and O–H groups in total. The number of hydrogen-bond acceptors (Lipinski definition) is 5. The van der Waals surface area contributed by atoms with Crippen LogP contribution in [0.4, 0.5) is 10.2 Å². The molecule has 36 heavy (non-hydrogen) atoms. The first-order chi connectivity index (χ1) is 17.3. The molecule has 0 aliphatic rings. The number of carbonyl (C=O) groups excluding carboxylic acids is 2. The molecule has 1 atom stereocenters. The Balaban J connectivity index is 1.50. The van der Waals surface area contributed by atoms with E-state index in [1.165, 1.54) is 12.1 Å². The summed E-state index contributed by atoms with van der Waals surface area (Å²) in [6, 6.07) is 16.0. The van der Waals surface area contributed by atoms with Gasteiger partial charge in [0.25, 0.3) is 0 Å². The molecule has 0 saturated carbocycles. The number of carbonyl (C=O) groups is 3. The van der Waals surface area contributed by atoms with E-state index in [1.54, 1.807) is 36.5 Å². The molecular formula is C27H29FN4O4. The number of nitrogens with zero attached hydrogens (tertiary/aromatic N) is 1. The van der Waals surface area contributed by atoms with Gasteiger partial charge in [-0.25, -0.2) is 9.37 Å². The van der Waals surface area contributed by atoms with E-state index in [2.05, 4.69) is 20.9 Å². The first-order valence-electron chi connectivity index (χ1n) is 11.6. The second kappa shape index (κ2) is 13.0. The van der Waals surface area contributed by atoms with E-state index in [-0.39, 0.29) is 31.1 Å². The molecule has 0 spiro atoms. The minimum atomic E-state index is -1.08. The van der Waals surface area contributed by atoms with Gasteiger partial charge in [0.05, 0.1) is 19.0 Å². The van der Waals surface area contributed by atoms with Crippen molar-refractivity contribution < 1.29 is 23.9 Å². The van der Waals surface area contributed by atoms with Crippen molar-refractivity contribution in [3.05, 3.63) is 83.8 Å². The quantitative estimate of drug-likeness (QED) is 0.285. The molecule has 3 aromatic rings. The van der Waals surface area contributed by atoms with Crippen LogP contribution in [0.25, 0.3) is 11.1 Å². The van der Waals surface area contributed by atoms with Crippen molar-refractivity contribution in [1.29, 1.82) is 0 Å². The minimum Gasteiger partial charge on any atom is -0.481 e. The fraction of sp³-hybridized carbons (Fsp3) is 0.259. The summed E-state index contributed by atoms with van der Waals surface area (Å²) < 4.78 is 13.2. The minimum absolute atomic E-state index is 0.227. The molecule has 1 unspecified atom stereocenters. The van der Waals surface area contributed by atoms with Crippen molar-refractivity contribution in [3.8, 4) is 11.1 Å². The van der Waals surface area contributed by atoms with Crippen molar-refractivity contribution >= 4 is 23.6 Å². The number of benzene rings is 2. The van der Waals surface area contributed by atoms with Gasteiger partial charge in [0.2, 0.25) is 11.8 Å². The van der Waals surface area contributed by atoms with Gasteiger partial charge in [0.1, 0.15) is 11.6 Å². The van der Waals surface area contributed by atoms with Gasteiger partial charge >= 0.3 is 5.97 Å². The molecule has 2 aromatic carbocycles. The Morgan fingerprint density at radius 3 is 2.50 bits per heavy atom. The van der Waals surface area contributed by atoms with Crippen molar-refractivity contribution in [2.24, 2.45) is 0 Å². The van der Waals surface area contributed by atoms with Crippen LogP contribution >= 0.6 is 0 Å². The molecule has 0 radical (unpaired) electrons. The summed E-state index contributed by atoms with van der Waals surface area (Å²) in [5.41, 5.74) is 3.20. The van der Waals surface area contributed by atoms with Crippen LogP contribution in [0.1, 0.15) is 36.4 Å². The molecule has 3 rings (SSSR count). The van der Waals surface area contributed by atoms with E-state index in [0.717, 1.165) is 22.5 Å². The van der Waals surface area contributed by atoms with Crippen molar-refractivity contribution in [1.82, 2.24) is 15.6 Å². The van der Waals surface area contributed by atoms with Gasteiger partial charge in [-0.1, -0.05) is 30.3 Å². The number of halogens is 1. The zero-order valence-corrected chi connectivity index (χ0v) is 20.0. The highest BCUT2D eigenvalue weighted by atomic mass is 19.1. The zero-order chi connectivity index (χ0) is 25.9. The summed E-state index contributed by atoms with van der Waals surface area (Å²) in [5, 5.41) is 17.7. The number of amides is 2. The monoisotopic (exact) mass is 492 g/mol. The van der Waals surface area contributed by atoms with Gasteiger partial charge in [-0.3, -0.25) is 14.4 Å². The number of anilines is 1. The fourth-order valence-electron chi connectivity index (χ4n) is 3.62. The number of aryl methyl sites for hydroxylation is 1. The Hall–Kier alpha value is -4.27. The third-order valence-electron chi connectivity index (χ3n) is 5.43. The van der Waals surface area contributed by atoms with E-state index in [9.17, 15) is 23.9 Å². The summed E-state index contributed by atoms with van der Waals surface area (Å²) in [6.45, 7) is 2.26. The van der Waals surface area contributed by atoms with Gasteiger partial charge in [-0.15, -0.1) is 0 Å². The fourth-order valence-corrected chi connectivity index (χ4v) is 3.62. The highest BCUT2D eigenvalue weighted by Gasteiger charge is 2.19. The topological polar surface area (TPSA) is 120 Å². The predicted octanol–water partition coefficient (Wildman–Crippen LogP) is 3.84. The number of aliphatic carboxylic acids is 1. The molecule has 188 valence electrons. The van der Waals surface area contributed by atoms with Gasteiger partial charge < -0.3 is 21.1 Å². The Kier molecular flexibility index (Phi) is 9.50. The summed E-state index contributed by atoms with van der Waals surface area (Å²) in [7, 11) is 0. The van der Waals surface area contributed by atoms with Crippen LogP contribution in [0.5, 0.6) is 0 Å². The van der Waals surface area contributed by atoms with Crippen molar-refractivity contribution in [2.75, 3.05) is 18.4 Å². The van der Waals surface area contributed by atoms with E-state index in [1.807, 2.05) is 25.1 Å². The van der Waals surface area contributed by atoms with Gasteiger partial charge in [-0.2, -0.15) is 0 Å². The Bertz CT molecular complexity index is 1200. The second-order valence-electron chi connectivity index (χ2n) is 8.38. The largest absolute Gasteiger partial charge is 0.481 e. The van der Waals surface area contributed by atoms with Crippen LogP contribution in [0.3, 0.4) is 0 Å². The number of carboxylic acids is 1. The highest BCUT2D eigenvalue weighted by molar-refractivity contribution is 5.85. The molecule has 2 amide bonds. The Morgan fingerprint density at radius 1 is 1.00 bits per heavy atom. The van der Waals surface area contributed by atoms with Crippen LogP contribution in [0.15, 0.2) is 66.9 Å². The number of rotatable bonds is 12. The Morgan fingerprint density at radius 2 is 1.78 bits per heavy atom. The van der Waals surface area contributed by atoms with Crippen molar-refractivity contribution in [3.63, 3.8) is 0 Å². The summed E-state index contributed by atoms with van der Waals surface area (Å²) in [6.07, 6.45) is 2.16. The van der Waals surface area contributed by atoms with Crippen molar-refractivity contribution in [2.45, 2.75) is 32.2 Å². The molecule has 0 bridgehead atoms.